The average molecular weight is 242 g/mol. The summed E-state index contributed by atoms with van der Waals surface area (Å²) in [6.07, 6.45) is 3.40. The molecule has 0 bridgehead atoms. The molecule has 2 N–H and O–H groups in total. The molecule has 0 spiro atoms. The van der Waals surface area contributed by atoms with E-state index < -0.39 is 5.97 Å². The maximum atomic E-state index is 11.3. The average Bonchev–Trinajstić information content (AvgIpc) is 2.29. The zero-order valence-corrected chi connectivity index (χ0v) is 10.4. The summed E-state index contributed by atoms with van der Waals surface area (Å²) >= 11 is 0. The van der Waals surface area contributed by atoms with E-state index in [1.165, 1.54) is 12.8 Å². The van der Waals surface area contributed by atoms with Crippen LogP contribution >= 0.6 is 0 Å². The standard InChI is InChI=1S/C12H22N2O3/c1-14-8-5-10(6-9-14)4-7-13-11(15)2-3-12(16)17/h10H,2-9H2,1H3,(H,13,15)(H,16,17). The first-order chi connectivity index (χ1) is 8.08. The van der Waals surface area contributed by atoms with Crippen LogP contribution in [0.1, 0.15) is 32.1 Å². The van der Waals surface area contributed by atoms with Gasteiger partial charge in [-0.25, -0.2) is 0 Å². The number of likely N-dealkylation sites (tertiary alicyclic amines) is 1. The maximum absolute atomic E-state index is 11.3. The van der Waals surface area contributed by atoms with Gasteiger partial charge in [0, 0.05) is 13.0 Å². The van der Waals surface area contributed by atoms with Crippen molar-refractivity contribution in [3.63, 3.8) is 0 Å². The van der Waals surface area contributed by atoms with Gasteiger partial charge in [-0.15, -0.1) is 0 Å². The first-order valence-corrected chi connectivity index (χ1v) is 6.25. The van der Waals surface area contributed by atoms with E-state index in [2.05, 4.69) is 17.3 Å². The second-order valence-electron chi connectivity index (χ2n) is 4.78. The topological polar surface area (TPSA) is 69.6 Å². The molecule has 5 nitrogen and oxygen atoms in total. The minimum absolute atomic E-state index is 0.0833. The van der Waals surface area contributed by atoms with Crippen molar-refractivity contribution in [3.8, 4) is 0 Å². The van der Waals surface area contributed by atoms with E-state index in [0.717, 1.165) is 19.5 Å². The number of nitrogens with one attached hydrogen (secondary N) is 1. The fourth-order valence-corrected chi connectivity index (χ4v) is 2.08. The van der Waals surface area contributed by atoms with Crippen LogP contribution in [0.2, 0.25) is 0 Å². The molecule has 0 aromatic carbocycles. The van der Waals surface area contributed by atoms with Crippen molar-refractivity contribution in [3.05, 3.63) is 0 Å². The van der Waals surface area contributed by atoms with Gasteiger partial charge in [0.05, 0.1) is 6.42 Å². The smallest absolute Gasteiger partial charge is 0.303 e. The van der Waals surface area contributed by atoms with Crippen molar-refractivity contribution in [1.82, 2.24) is 10.2 Å². The molecule has 17 heavy (non-hydrogen) atoms. The Hall–Kier alpha value is -1.10. The lowest BCUT2D eigenvalue weighted by molar-refractivity contribution is -0.138. The number of nitrogens with zero attached hydrogens (tertiary/aromatic N) is 1. The number of amides is 1. The maximum Gasteiger partial charge on any atom is 0.303 e. The predicted molar refractivity (Wildman–Crippen MR) is 64.7 cm³/mol. The second kappa shape index (κ2) is 7.27. The summed E-state index contributed by atoms with van der Waals surface area (Å²) in [6, 6.07) is 0. The summed E-state index contributed by atoms with van der Waals surface area (Å²) in [5.74, 6) is -0.373. The highest BCUT2D eigenvalue weighted by atomic mass is 16.4. The number of piperidine rings is 1. The van der Waals surface area contributed by atoms with Crippen molar-refractivity contribution >= 4 is 11.9 Å². The van der Waals surface area contributed by atoms with Crippen molar-refractivity contribution in [2.75, 3.05) is 26.7 Å². The molecule has 1 saturated heterocycles. The van der Waals surface area contributed by atoms with Gasteiger partial charge in [0.1, 0.15) is 0 Å². The van der Waals surface area contributed by atoms with E-state index in [4.69, 9.17) is 5.11 Å². The number of aliphatic carboxylic acids is 1. The van der Waals surface area contributed by atoms with Gasteiger partial charge in [-0.05, 0) is 45.3 Å². The van der Waals surface area contributed by atoms with Crippen molar-refractivity contribution in [1.29, 1.82) is 0 Å². The van der Waals surface area contributed by atoms with E-state index in [0.29, 0.717) is 12.5 Å². The predicted octanol–water partition coefficient (Wildman–Crippen LogP) is 0.699. The van der Waals surface area contributed by atoms with Gasteiger partial charge in [0.2, 0.25) is 5.91 Å². The van der Waals surface area contributed by atoms with Crippen LogP contribution in [-0.2, 0) is 9.59 Å². The fourth-order valence-electron chi connectivity index (χ4n) is 2.08. The normalized spacial score (nSPS) is 17.9. The summed E-state index contributed by atoms with van der Waals surface area (Å²) in [5, 5.41) is 11.2. The van der Waals surface area contributed by atoms with Gasteiger partial charge in [-0.3, -0.25) is 9.59 Å². The number of carbonyl (C=O) groups excluding carboxylic acids is 1. The summed E-state index contributed by atoms with van der Waals surface area (Å²) < 4.78 is 0. The van der Waals surface area contributed by atoms with E-state index >= 15 is 0 Å². The van der Waals surface area contributed by atoms with E-state index in [-0.39, 0.29) is 18.7 Å². The lowest BCUT2D eigenvalue weighted by Crippen LogP contribution is -2.32. The molecule has 98 valence electrons. The van der Waals surface area contributed by atoms with Gasteiger partial charge < -0.3 is 15.3 Å². The monoisotopic (exact) mass is 242 g/mol. The zero-order valence-electron chi connectivity index (χ0n) is 10.4. The molecule has 0 radical (unpaired) electrons. The third-order valence-corrected chi connectivity index (χ3v) is 3.28. The molecule has 1 rings (SSSR count). The molecule has 0 unspecified atom stereocenters. The molecule has 1 amide bonds. The number of carboxylic acid groups (broad SMARTS) is 1. The lowest BCUT2D eigenvalue weighted by atomic mass is 9.94. The van der Waals surface area contributed by atoms with Crippen molar-refractivity contribution in [2.24, 2.45) is 5.92 Å². The Kier molecular flexibility index (Phi) is 5.97. The summed E-state index contributed by atoms with van der Waals surface area (Å²) in [5.41, 5.74) is 0. The van der Waals surface area contributed by atoms with Gasteiger partial charge in [0.15, 0.2) is 0 Å². The van der Waals surface area contributed by atoms with E-state index in [9.17, 15) is 9.59 Å². The first kappa shape index (κ1) is 14.0. The molecule has 5 heteroatoms. The van der Waals surface area contributed by atoms with Crippen LogP contribution < -0.4 is 5.32 Å². The minimum atomic E-state index is -0.921. The largest absolute Gasteiger partial charge is 0.481 e. The van der Waals surface area contributed by atoms with Crippen molar-refractivity contribution < 1.29 is 14.7 Å². The van der Waals surface area contributed by atoms with Crippen LogP contribution in [0.4, 0.5) is 0 Å². The van der Waals surface area contributed by atoms with Crippen LogP contribution in [-0.4, -0.2) is 48.6 Å². The number of hydrogen-bond acceptors (Lipinski definition) is 3. The quantitative estimate of drug-likeness (QED) is 0.719. The molecule has 1 aliphatic rings. The molecule has 1 aliphatic heterocycles. The highest BCUT2D eigenvalue weighted by molar-refractivity contribution is 5.80. The van der Waals surface area contributed by atoms with E-state index in [1.54, 1.807) is 0 Å². The zero-order chi connectivity index (χ0) is 12.7. The summed E-state index contributed by atoms with van der Waals surface area (Å²) in [4.78, 5) is 23.9. The van der Waals surface area contributed by atoms with Gasteiger partial charge in [0.25, 0.3) is 0 Å². The third kappa shape index (κ3) is 6.26. The minimum Gasteiger partial charge on any atom is -0.481 e. The summed E-state index contributed by atoms with van der Waals surface area (Å²) in [6.45, 7) is 2.95. The SMILES string of the molecule is CN1CCC(CCNC(=O)CCC(=O)O)CC1. The molecular weight excluding hydrogens is 220 g/mol. The highest BCUT2D eigenvalue weighted by Gasteiger charge is 2.16. The summed E-state index contributed by atoms with van der Waals surface area (Å²) in [7, 11) is 2.13. The number of carboxylic acids is 1. The Morgan fingerprint density at radius 1 is 1.29 bits per heavy atom. The molecule has 0 aliphatic carbocycles. The van der Waals surface area contributed by atoms with Crippen LogP contribution in [0, 0.1) is 5.92 Å². The van der Waals surface area contributed by atoms with Crippen LogP contribution in [0.25, 0.3) is 0 Å². The number of carbonyl (C=O) groups is 2. The highest BCUT2D eigenvalue weighted by Crippen LogP contribution is 2.18. The first-order valence-electron chi connectivity index (χ1n) is 6.25. The third-order valence-electron chi connectivity index (χ3n) is 3.28. The molecular formula is C12H22N2O3. The van der Waals surface area contributed by atoms with Gasteiger partial charge in [-0.1, -0.05) is 0 Å². The van der Waals surface area contributed by atoms with Crippen LogP contribution in [0.3, 0.4) is 0 Å². The Morgan fingerprint density at radius 3 is 2.53 bits per heavy atom. The number of rotatable bonds is 6. The van der Waals surface area contributed by atoms with Gasteiger partial charge >= 0.3 is 5.97 Å². The lowest BCUT2D eigenvalue weighted by Gasteiger charge is -2.28. The van der Waals surface area contributed by atoms with E-state index in [1.807, 2.05) is 0 Å². The molecule has 0 saturated carbocycles. The van der Waals surface area contributed by atoms with Crippen LogP contribution in [0.5, 0.6) is 0 Å². The Balaban J connectivity index is 2.03. The van der Waals surface area contributed by atoms with Crippen LogP contribution in [0.15, 0.2) is 0 Å². The molecule has 1 fully saturated rings. The Morgan fingerprint density at radius 2 is 1.94 bits per heavy atom. The molecule has 1 heterocycles. The Bertz CT molecular complexity index is 260. The Labute approximate surface area is 102 Å². The molecule has 0 aromatic heterocycles. The second-order valence-corrected chi connectivity index (χ2v) is 4.78. The molecule has 0 aromatic rings. The van der Waals surface area contributed by atoms with Gasteiger partial charge in [-0.2, -0.15) is 0 Å². The van der Waals surface area contributed by atoms with Crippen molar-refractivity contribution in [2.45, 2.75) is 32.1 Å². The molecule has 0 atom stereocenters. The number of hydrogen-bond donors (Lipinski definition) is 2. The fraction of sp³-hybridized carbons (Fsp3) is 0.833.